The maximum absolute atomic E-state index is 7.01. The lowest BCUT2D eigenvalue weighted by Crippen LogP contribution is -2.59. The van der Waals surface area contributed by atoms with E-state index in [0.29, 0.717) is 26.4 Å². The summed E-state index contributed by atoms with van der Waals surface area (Å²) in [5.41, 5.74) is 1.18. The van der Waals surface area contributed by atoms with Gasteiger partial charge in [-0.15, -0.1) is 0 Å². The molecule has 0 aromatic heterocycles. The summed E-state index contributed by atoms with van der Waals surface area (Å²) in [6.45, 7) is 10.1. The molecule has 3 heterocycles. The van der Waals surface area contributed by atoms with E-state index in [1.54, 1.807) is 0 Å². The van der Waals surface area contributed by atoms with Crippen molar-refractivity contribution in [3.8, 4) is 0 Å². The van der Waals surface area contributed by atoms with Crippen LogP contribution in [0.2, 0.25) is 0 Å². The molecule has 6 heteroatoms. The maximum atomic E-state index is 7.01. The molecule has 3 aliphatic heterocycles. The number of benzene rings is 2. The number of fused-ring (bicyclic) bond motifs is 1. The molecule has 0 saturated carbocycles. The van der Waals surface area contributed by atoms with Gasteiger partial charge in [-0.3, -0.25) is 0 Å². The SMILES string of the molecule is CC1(C)OC[C@@]2(CC[C@@]3(C)O[C@@](C)(COCc4ccccc4)[C@H](OCc4ccccc4)CC[C@@H]3O2)O1. The highest BCUT2D eigenvalue weighted by Gasteiger charge is 2.58. The monoisotopic (exact) mass is 496 g/mol. The zero-order valence-corrected chi connectivity index (χ0v) is 22.0. The molecule has 3 aliphatic rings. The van der Waals surface area contributed by atoms with Crippen molar-refractivity contribution in [2.24, 2.45) is 0 Å². The zero-order chi connectivity index (χ0) is 25.3. The fourth-order valence-electron chi connectivity index (χ4n) is 5.80. The van der Waals surface area contributed by atoms with E-state index in [2.05, 4.69) is 38.1 Å². The largest absolute Gasteiger partial charge is 0.374 e. The molecule has 3 saturated heterocycles. The van der Waals surface area contributed by atoms with Crippen LogP contribution in [0.4, 0.5) is 0 Å². The molecular formula is C30H40O6. The van der Waals surface area contributed by atoms with Crippen LogP contribution in [0, 0.1) is 0 Å². The van der Waals surface area contributed by atoms with Crippen molar-refractivity contribution in [1.82, 2.24) is 0 Å². The Morgan fingerprint density at radius 1 is 0.806 bits per heavy atom. The van der Waals surface area contributed by atoms with Gasteiger partial charge in [0.05, 0.1) is 37.6 Å². The van der Waals surface area contributed by atoms with Crippen LogP contribution in [0.3, 0.4) is 0 Å². The summed E-state index contributed by atoms with van der Waals surface area (Å²) < 4.78 is 38.6. The summed E-state index contributed by atoms with van der Waals surface area (Å²) in [5, 5.41) is 0. The van der Waals surface area contributed by atoms with Crippen LogP contribution >= 0.6 is 0 Å². The Kier molecular flexibility index (Phi) is 7.29. The van der Waals surface area contributed by atoms with Gasteiger partial charge in [-0.1, -0.05) is 60.7 Å². The van der Waals surface area contributed by atoms with Crippen LogP contribution in [-0.4, -0.2) is 48.2 Å². The van der Waals surface area contributed by atoms with Crippen molar-refractivity contribution in [3.05, 3.63) is 71.8 Å². The Hall–Kier alpha value is -1.80. The Bertz CT molecular complexity index is 997. The van der Waals surface area contributed by atoms with Gasteiger partial charge in [0.15, 0.2) is 11.6 Å². The van der Waals surface area contributed by atoms with Crippen molar-refractivity contribution >= 4 is 0 Å². The predicted molar refractivity (Wildman–Crippen MR) is 136 cm³/mol. The quantitative estimate of drug-likeness (QED) is 0.485. The standard InChI is InChI=1S/C30H40O6/c1-27(2)33-22-30(35-27)18-17-28(3)26(34-30)16-15-25(32-20-24-13-9-6-10-14-24)29(4,36-28)21-31-19-23-11-7-5-8-12-23/h5-14,25-26H,15-22H2,1-4H3/t25-,26+,28-,29+,30-/m1/s1. The average molecular weight is 497 g/mol. The fourth-order valence-corrected chi connectivity index (χ4v) is 5.80. The van der Waals surface area contributed by atoms with Crippen molar-refractivity contribution in [1.29, 1.82) is 0 Å². The van der Waals surface area contributed by atoms with Crippen molar-refractivity contribution in [2.75, 3.05) is 13.2 Å². The molecule has 0 bridgehead atoms. The topological polar surface area (TPSA) is 55.4 Å². The fraction of sp³-hybridized carbons (Fsp3) is 0.600. The summed E-state index contributed by atoms with van der Waals surface area (Å²) >= 11 is 0. The molecule has 5 rings (SSSR count). The van der Waals surface area contributed by atoms with Crippen molar-refractivity contribution < 1.29 is 28.4 Å². The first-order valence-corrected chi connectivity index (χ1v) is 13.2. The second-order valence-electron chi connectivity index (χ2n) is 11.4. The number of rotatable bonds is 7. The number of hydrogen-bond donors (Lipinski definition) is 0. The molecule has 36 heavy (non-hydrogen) atoms. The van der Waals surface area contributed by atoms with E-state index in [9.17, 15) is 0 Å². The molecule has 196 valence electrons. The summed E-state index contributed by atoms with van der Waals surface area (Å²) in [6.07, 6.45) is 2.89. The van der Waals surface area contributed by atoms with E-state index < -0.39 is 22.8 Å². The van der Waals surface area contributed by atoms with Gasteiger partial charge in [-0.2, -0.15) is 0 Å². The van der Waals surface area contributed by atoms with E-state index in [1.807, 2.05) is 50.2 Å². The van der Waals surface area contributed by atoms with Gasteiger partial charge >= 0.3 is 0 Å². The molecule has 2 aromatic carbocycles. The molecule has 2 aromatic rings. The molecule has 5 atom stereocenters. The lowest BCUT2D eigenvalue weighted by molar-refractivity contribution is -0.336. The van der Waals surface area contributed by atoms with Gasteiger partial charge in [0.25, 0.3) is 0 Å². The summed E-state index contributed by atoms with van der Waals surface area (Å²) in [4.78, 5) is 0. The van der Waals surface area contributed by atoms with E-state index >= 15 is 0 Å². The highest BCUT2D eigenvalue weighted by molar-refractivity contribution is 5.14. The van der Waals surface area contributed by atoms with E-state index in [4.69, 9.17) is 28.4 Å². The van der Waals surface area contributed by atoms with E-state index in [0.717, 1.165) is 36.8 Å². The van der Waals surface area contributed by atoms with Crippen LogP contribution in [0.15, 0.2) is 60.7 Å². The molecule has 3 fully saturated rings. The Balaban J connectivity index is 1.33. The Morgan fingerprint density at radius 2 is 1.47 bits per heavy atom. The number of hydrogen-bond acceptors (Lipinski definition) is 6. The third-order valence-corrected chi connectivity index (χ3v) is 7.74. The highest BCUT2D eigenvalue weighted by atomic mass is 16.8. The summed E-state index contributed by atoms with van der Waals surface area (Å²) in [6, 6.07) is 20.5. The normalized spacial score (nSPS) is 35.9. The molecular weight excluding hydrogens is 456 g/mol. The summed E-state index contributed by atoms with van der Waals surface area (Å²) in [7, 11) is 0. The molecule has 0 aliphatic carbocycles. The smallest absolute Gasteiger partial charge is 0.195 e. The Morgan fingerprint density at radius 3 is 2.11 bits per heavy atom. The average Bonchev–Trinajstić information content (AvgIpc) is 3.11. The van der Waals surface area contributed by atoms with Gasteiger partial charge in [-0.25, -0.2) is 0 Å². The molecule has 1 spiro atoms. The van der Waals surface area contributed by atoms with Crippen LogP contribution in [0.25, 0.3) is 0 Å². The summed E-state index contributed by atoms with van der Waals surface area (Å²) in [5.74, 6) is -1.34. The first-order chi connectivity index (χ1) is 17.2. The first kappa shape index (κ1) is 25.8. The zero-order valence-electron chi connectivity index (χ0n) is 22.0. The van der Waals surface area contributed by atoms with Gasteiger partial charge in [-0.05, 0) is 58.1 Å². The minimum atomic E-state index is -0.706. The van der Waals surface area contributed by atoms with Gasteiger partial charge in [0.1, 0.15) is 12.2 Å². The van der Waals surface area contributed by atoms with Gasteiger partial charge in [0.2, 0.25) is 0 Å². The van der Waals surface area contributed by atoms with Crippen molar-refractivity contribution in [3.63, 3.8) is 0 Å². The minimum Gasteiger partial charge on any atom is -0.374 e. The second-order valence-corrected chi connectivity index (χ2v) is 11.4. The van der Waals surface area contributed by atoms with Gasteiger partial charge in [0, 0.05) is 6.42 Å². The molecule has 0 radical (unpaired) electrons. The third kappa shape index (κ3) is 5.69. The van der Waals surface area contributed by atoms with Crippen LogP contribution in [0.5, 0.6) is 0 Å². The van der Waals surface area contributed by atoms with E-state index in [-0.39, 0.29) is 12.2 Å². The van der Waals surface area contributed by atoms with Crippen LogP contribution < -0.4 is 0 Å². The molecule has 0 unspecified atom stereocenters. The maximum Gasteiger partial charge on any atom is 0.195 e. The van der Waals surface area contributed by atoms with E-state index in [1.165, 1.54) is 0 Å². The Labute approximate surface area is 215 Å². The van der Waals surface area contributed by atoms with Crippen molar-refractivity contribution in [2.45, 2.75) is 102 Å². The lowest BCUT2D eigenvalue weighted by Gasteiger charge is -2.49. The number of ether oxygens (including phenoxy) is 6. The predicted octanol–water partition coefficient (Wildman–Crippen LogP) is 5.77. The van der Waals surface area contributed by atoms with Crippen LogP contribution in [-0.2, 0) is 41.6 Å². The molecule has 0 amide bonds. The van der Waals surface area contributed by atoms with Gasteiger partial charge < -0.3 is 28.4 Å². The highest BCUT2D eigenvalue weighted by Crippen LogP contribution is 2.49. The second kappa shape index (κ2) is 10.2. The van der Waals surface area contributed by atoms with Crippen LogP contribution in [0.1, 0.15) is 64.5 Å². The minimum absolute atomic E-state index is 0.123. The third-order valence-electron chi connectivity index (χ3n) is 7.74. The molecule has 6 nitrogen and oxygen atoms in total. The molecule has 0 N–H and O–H groups in total. The lowest BCUT2D eigenvalue weighted by atomic mass is 9.85. The first-order valence-electron chi connectivity index (χ1n) is 13.2.